The number of hydrogen-bond acceptors (Lipinski definition) is 10. The molecule has 0 aliphatic rings. The van der Waals surface area contributed by atoms with Crippen molar-refractivity contribution in [3.8, 4) is 0 Å². The summed E-state index contributed by atoms with van der Waals surface area (Å²) in [5, 5.41) is 9.75. The average Bonchev–Trinajstić information content (AvgIpc) is 3.48. The minimum absolute atomic E-state index is 0.0561. The third-order valence-electron chi connectivity index (χ3n) is 10.6. The molecule has 62 heavy (non-hydrogen) atoms. The first-order valence-corrected chi connectivity index (χ1v) is 25.2. The average molecular weight is 892 g/mol. The number of allylic oxidation sites excluding steroid dienone is 7. The number of furan rings is 1. The molecule has 0 saturated carbocycles. The number of unbranched alkanes of at least 4 members (excludes halogenated alkanes) is 10. The fourth-order valence-corrected chi connectivity index (χ4v) is 7.33. The number of aliphatic hydroxyl groups excluding tert-OH is 1. The summed E-state index contributed by atoms with van der Waals surface area (Å²) in [5.74, 6) is 1.38. The Bertz CT molecular complexity index is 1490. The Hall–Kier alpha value is -2.79. The van der Waals surface area contributed by atoms with Crippen LogP contribution in [-0.2, 0) is 45.5 Å². The first-order chi connectivity index (χ1) is 29.7. The Kier molecular flexibility index (Phi) is 32.8. The van der Waals surface area contributed by atoms with Gasteiger partial charge in [-0.15, -0.1) is 0 Å². The Labute approximate surface area is 376 Å². The molecule has 1 aromatic heterocycles. The number of rotatable bonds is 39. The van der Waals surface area contributed by atoms with Crippen molar-refractivity contribution in [3.63, 3.8) is 0 Å². The van der Waals surface area contributed by atoms with E-state index in [1.165, 1.54) is 49.0 Å². The number of hydrogen-bond donors (Lipinski definition) is 1. The predicted octanol–water partition coefficient (Wildman–Crippen LogP) is 11.5. The van der Waals surface area contributed by atoms with E-state index in [2.05, 4.69) is 58.1 Å². The van der Waals surface area contributed by atoms with Crippen molar-refractivity contribution in [2.45, 2.75) is 188 Å². The van der Waals surface area contributed by atoms with Gasteiger partial charge in [-0.1, -0.05) is 120 Å². The number of phosphoric acid groups is 1. The third kappa shape index (κ3) is 32.0. The molecule has 3 atom stereocenters. The summed E-state index contributed by atoms with van der Waals surface area (Å²) in [5.41, 5.74) is 2.65. The van der Waals surface area contributed by atoms with Crippen LogP contribution in [0, 0.1) is 13.8 Å². The number of likely N-dealkylation sites (N-methyl/N-ethyl adjacent to an activating group) is 1. The Morgan fingerprint density at radius 3 is 1.81 bits per heavy atom. The number of aryl methyl sites for hydroxylation is 2. The molecule has 0 aliphatic heterocycles. The summed E-state index contributed by atoms with van der Waals surface area (Å²) >= 11 is 0. The molecule has 1 rings (SSSR count). The van der Waals surface area contributed by atoms with E-state index in [9.17, 15) is 24.2 Å². The highest BCUT2D eigenvalue weighted by atomic mass is 31.2. The van der Waals surface area contributed by atoms with E-state index in [1.807, 2.05) is 39.4 Å². The van der Waals surface area contributed by atoms with Gasteiger partial charge in [0.1, 0.15) is 31.3 Å². The highest BCUT2D eigenvalue weighted by Crippen LogP contribution is 2.38. The van der Waals surface area contributed by atoms with Crippen molar-refractivity contribution in [1.82, 2.24) is 0 Å². The lowest BCUT2D eigenvalue weighted by Gasteiger charge is -2.28. The van der Waals surface area contributed by atoms with E-state index < -0.39 is 32.5 Å². The van der Waals surface area contributed by atoms with Gasteiger partial charge in [0.25, 0.3) is 7.82 Å². The quantitative estimate of drug-likeness (QED) is 0.0223. The first-order valence-electron chi connectivity index (χ1n) is 23.8. The van der Waals surface area contributed by atoms with Gasteiger partial charge in [0, 0.05) is 25.7 Å². The van der Waals surface area contributed by atoms with Crippen LogP contribution in [0.3, 0.4) is 0 Å². The van der Waals surface area contributed by atoms with Gasteiger partial charge in [-0.3, -0.25) is 14.2 Å². The Morgan fingerprint density at radius 2 is 1.23 bits per heavy atom. The number of quaternary nitrogens is 1. The molecule has 12 heteroatoms. The molecule has 0 aliphatic carbocycles. The zero-order valence-corrected chi connectivity index (χ0v) is 40.8. The largest absolute Gasteiger partial charge is 0.756 e. The molecule has 2 unspecified atom stereocenters. The van der Waals surface area contributed by atoms with Gasteiger partial charge in [0.15, 0.2) is 6.10 Å². The number of carbonyl (C=O) groups is 2. The van der Waals surface area contributed by atoms with Crippen LogP contribution in [0.2, 0.25) is 0 Å². The second-order valence-electron chi connectivity index (χ2n) is 17.5. The molecule has 0 fully saturated rings. The van der Waals surface area contributed by atoms with Crippen LogP contribution in [0.25, 0.3) is 0 Å². The molecular formula is C50H86NO10P. The maximum absolute atomic E-state index is 12.7. The molecule has 0 aromatic carbocycles. The summed E-state index contributed by atoms with van der Waals surface area (Å²) in [6.45, 7) is 8.25. The van der Waals surface area contributed by atoms with E-state index in [0.717, 1.165) is 82.8 Å². The zero-order valence-electron chi connectivity index (χ0n) is 39.9. The summed E-state index contributed by atoms with van der Waals surface area (Å²) in [7, 11) is 1.08. The normalized spacial score (nSPS) is 14.4. The summed E-state index contributed by atoms with van der Waals surface area (Å²) in [4.78, 5) is 37.7. The highest BCUT2D eigenvalue weighted by molar-refractivity contribution is 7.45. The fraction of sp³-hybridized carbons (Fsp3) is 0.720. The minimum atomic E-state index is -4.67. The topological polar surface area (TPSA) is 145 Å². The van der Waals surface area contributed by atoms with E-state index in [-0.39, 0.29) is 32.2 Å². The van der Waals surface area contributed by atoms with Crippen LogP contribution in [0.5, 0.6) is 0 Å². The van der Waals surface area contributed by atoms with Gasteiger partial charge in [-0.25, -0.2) is 0 Å². The van der Waals surface area contributed by atoms with Crippen LogP contribution in [0.15, 0.2) is 53.0 Å². The van der Waals surface area contributed by atoms with Crippen LogP contribution in [0.4, 0.5) is 0 Å². The van der Waals surface area contributed by atoms with Gasteiger partial charge in [0.2, 0.25) is 0 Å². The summed E-state index contributed by atoms with van der Waals surface area (Å²) in [6, 6.07) is 0. The molecular weight excluding hydrogens is 806 g/mol. The maximum atomic E-state index is 12.7. The molecule has 1 aromatic rings. The molecule has 0 radical (unpaired) electrons. The molecule has 11 nitrogen and oxygen atoms in total. The van der Waals surface area contributed by atoms with Gasteiger partial charge >= 0.3 is 11.9 Å². The SMILES string of the molecule is CCCCCc1oc(CCCCCCCCCCC(=O)OC[C@H](COP(=O)([O-])OCC[N+](C)(C)C)OC(=O)CCC/C=C\C/C=C\C/C=C\C/C=C\CC(O)CCC)c(C)c1C. The molecule has 0 amide bonds. The van der Waals surface area contributed by atoms with Gasteiger partial charge in [-0.2, -0.15) is 0 Å². The van der Waals surface area contributed by atoms with Crippen molar-refractivity contribution in [2.24, 2.45) is 0 Å². The van der Waals surface area contributed by atoms with Crippen LogP contribution >= 0.6 is 7.82 Å². The van der Waals surface area contributed by atoms with Crippen molar-refractivity contribution in [3.05, 3.63) is 71.3 Å². The lowest BCUT2D eigenvalue weighted by atomic mass is 10.0. The molecule has 1 heterocycles. The second kappa shape index (κ2) is 35.5. The molecule has 1 N–H and O–H groups in total. The Balaban J connectivity index is 2.38. The van der Waals surface area contributed by atoms with Gasteiger partial charge in [-0.05, 0) is 89.2 Å². The second-order valence-corrected chi connectivity index (χ2v) is 18.9. The monoisotopic (exact) mass is 892 g/mol. The van der Waals surface area contributed by atoms with Gasteiger partial charge < -0.3 is 37.4 Å². The van der Waals surface area contributed by atoms with E-state index in [4.69, 9.17) is 22.9 Å². The van der Waals surface area contributed by atoms with Gasteiger partial charge in [0.05, 0.1) is 33.9 Å². The number of phosphoric ester groups is 1. The Morgan fingerprint density at radius 1 is 0.694 bits per heavy atom. The molecule has 356 valence electrons. The van der Waals surface area contributed by atoms with Crippen molar-refractivity contribution in [1.29, 1.82) is 0 Å². The van der Waals surface area contributed by atoms with Crippen molar-refractivity contribution < 1.29 is 51.6 Å². The van der Waals surface area contributed by atoms with E-state index in [1.54, 1.807) is 0 Å². The number of aliphatic hydroxyl groups is 1. The highest BCUT2D eigenvalue weighted by Gasteiger charge is 2.22. The van der Waals surface area contributed by atoms with Crippen LogP contribution in [-0.4, -0.2) is 81.2 Å². The van der Waals surface area contributed by atoms with Crippen LogP contribution < -0.4 is 4.89 Å². The molecule has 0 spiro atoms. The summed E-state index contributed by atoms with van der Waals surface area (Å²) < 4.78 is 40.1. The van der Waals surface area contributed by atoms with Crippen molar-refractivity contribution in [2.75, 3.05) is 47.5 Å². The molecule has 0 bridgehead atoms. The van der Waals surface area contributed by atoms with Crippen molar-refractivity contribution >= 4 is 19.8 Å². The number of esters is 2. The van der Waals surface area contributed by atoms with E-state index >= 15 is 0 Å². The maximum Gasteiger partial charge on any atom is 0.306 e. The number of ether oxygens (including phenoxy) is 2. The fourth-order valence-electron chi connectivity index (χ4n) is 6.60. The lowest BCUT2D eigenvalue weighted by Crippen LogP contribution is -2.37. The number of carbonyl (C=O) groups excluding carboxylic acids is 2. The zero-order chi connectivity index (χ0) is 45.9. The number of nitrogens with zero attached hydrogens (tertiary/aromatic N) is 1. The van der Waals surface area contributed by atoms with E-state index in [0.29, 0.717) is 36.7 Å². The lowest BCUT2D eigenvalue weighted by molar-refractivity contribution is -0.870. The summed E-state index contributed by atoms with van der Waals surface area (Å²) in [6.07, 6.45) is 36.0. The first kappa shape index (κ1) is 57.2. The predicted molar refractivity (Wildman–Crippen MR) is 250 cm³/mol. The standard InChI is InChI=1S/C50H86NO10P/c1-8-10-28-35-47-43(3)44(4)48(61-47)36-30-25-21-18-19-22-26-31-37-49(53)57-41-46(42-59-62(55,56)58-40-39-51(5,6)7)60-50(54)38-32-27-23-17-15-13-11-12-14-16-20-24-29-34-45(52)33-9-2/h11,13-14,16-17,23-24,29,45-46,52H,8-10,12,15,18-22,25-28,30-42H2,1-7H3/b13-11-,16-14-,23-17-,29-24-/t45?,46-/m1/s1. The minimum Gasteiger partial charge on any atom is -0.756 e. The molecule has 0 saturated heterocycles. The van der Waals surface area contributed by atoms with Crippen LogP contribution in [0.1, 0.15) is 171 Å². The third-order valence-corrected chi connectivity index (χ3v) is 11.6. The smallest absolute Gasteiger partial charge is 0.306 e.